The van der Waals surface area contributed by atoms with E-state index in [1.807, 2.05) is 20.8 Å². The van der Waals surface area contributed by atoms with Gasteiger partial charge in [-0.15, -0.1) is 0 Å². The molecule has 1 aromatic rings. The molecule has 2 heterocycles. The zero-order chi connectivity index (χ0) is 18.3. The minimum Gasteiger partial charge on any atom is -0.368 e. The number of carbonyl (C=O) groups excluding carboxylic acids is 1. The van der Waals surface area contributed by atoms with E-state index in [0.29, 0.717) is 12.8 Å². The van der Waals surface area contributed by atoms with E-state index in [4.69, 9.17) is 17.3 Å². The van der Waals surface area contributed by atoms with Crippen molar-refractivity contribution in [3.05, 3.63) is 10.7 Å². The molecule has 0 bridgehead atoms. The first kappa shape index (κ1) is 18.7. The average Bonchev–Trinajstić information content (AvgIpc) is 2.44. The van der Waals surface area contributed by atoms with Gasteiger partial charge in [-0.25, -0.2) is 4.98 Å². The summed E-state index contributed by atoms with van der Waals surface area (Å²) in [5.41, 5.74) is 4.90. The molecule has 0 saturated carbocycles. The van der Waals surface area contributed by atoms with Gasteiger partial charge in [0.1, 0.15) is 17.0 Å². The predicted molar refractivity (Wildman–Crippen MR) is 85.4 cm³/mol. The van der Waals surface area contributed by atoms with Crippen LogP contribution in [0.25, 0.3) is 0 Å². The van der Waals surface area contributed by atoms with E-state index in [-0.39, 0.29) is 35.6 Å². The summed E-state index contributed by atoms with van der Waals surface area (Å²) >= 11 is 5.84. The van der Waals surface area contributed by atoms with E-state index in [9.17, 15) is 18.0 Å². The Kier molecular flexibility index (Phi) is 4.96. The molecule has 2 rings (SSSR count). The molecule has 10 heteroatoms. The number of aromatic nitrogens is 2. The van der Waals surface area contributed by atoms with Gasteiger partial charge in [-0.05, 0) is 20.8 Å². The zero-order valence-corrected chi connectivity index (χ0v) is 14.3. The molecule has 6 nitrogen and oxygen atoms in total. The molecule has 1 aliphatic heterocycles. The first-order chi connectivity index (χ1) is 10.9. The number of nitrogens with two attached hydrogens (primary N) is 1. The highest BCUT2D eigenvalue weighted by atomic mass is 35.5. The van der Waals surface area contributed by atoms with Crippen LogP contribution in [0.4, 0.5) is 24.9 Å². The van der Waals surface area contributed by atoms with Gasteiger partial charge in [-0.2, -0.15) is 18.2 Å². The van der Waals surface area contributed by atoms with E-state index in [1.54, 1.807) is 4.90 Å². The first-order valence-corrected chi connectivity index (χ1v) is 7.69. The Morgan fingerprint density at radius 2 is 1.88 bits per heavy atom. The van der Waals surface area contributed by atoms with Crippen LogP contribution in [0.15, 0.2) is 0 Å². The number of alkyl halides is 3. The van der Waals surface area contributed by atoms with Gasteiger partial charge in [-0.3, -0.25) is 9.69 Å². The number of halogens is 4. The third-order valence-electron chi connectivity index (χ3n) is 3.99. The van der Waals surface area contributed by atoms with Crippen molar-refractivity contribution >= 4 is 29.7 Å². The van der Waals surface area contributed by atoms with Crippen LogP contribution in [0.5, 0.6) is 0 Å². The lowest BCUT2D eigenvalue weighted by Crippen LogP contribution is -2.63. The predicted octanol–water partition coefficient (Wildman–Crippen LogP) is 2.38. The van der Waals surface area contributed by atoms with Crippen LogP contribution < -0.4 is 10.6 Å². The molecule has 1 atom stereocenters. The lowest BCUT2D eigenvalue weighted by molar-refractivity contribution is -0.160. The van der Waals surface area contributed by atoms with Crippen molar-refractivity contribution in [2.24, 2.45) is 0 Å². The Labute approximate surface area is 142 Å². The molecule has 0 aromatic carbocycles. The normalized spacial score (nSPS) is 20.3. The molecule has 1 fully saturated rings. The molecule has 0 aliphatic carbocycles. The van der Waals surface area contributed by atoms with Crippen molar-refractivity contribution in [2.45, 2.75) is 38.5 Å². The van der Waals surface area contributed by atoms with Gasteiger partial charge in [0.15, 0.2) is 6.29 Å². The smallest absolute Gasteiger partial charge is 0.368 e. The Morgan fingerprint density at radius 3 is 2.38 bits per heavy atom. The largest absolute Gasteiger partial charge is 0.410 e. The molecule has 0 radical (unpaired) electrons. The van der Waals surface area contributed by atoms with Crippen molar-refractivity contribution in [3.8, 4) is 0 Å². The number of carbonyl (C=O) groups is 1. The number of aldehydes is 1. The van der Waals surface area contributed by atoms with Gasteiger partial charge < -0.3 is 10.6 Å². The maximum atomic E-state index is 13.6. The lowest BCUT2D eigenvalue weighted by atomic mass is 10.0. The SMILES string of the molecule is CC(C)(C)N1CCN(c2nc(N)nc(Cl)c2C=O)C(C(F)(F)F)C1. The highest BCUT2D eigenvalue weighted by Gasteiger charge is 2.49. The van der Waals surface area contributed by atoms with Crippen LogP contribution in [-0.4, -0.2) is 58.5 Å². The number of piperazine rings is 1. The molecule has 1 aliphatic rings. The first-order valence-electron chi connectivity index (χ1n) is 7.31. The van der Waals surface area contributed by atoms with Crippen molar-refractivity contribution in [3.63, 3.8) is 0 Å². The second-order valence-electron chi connectivity index (χ2n) is 6.60. The number of nitrogens with zero attached hydrogens (tertiary/aromatic N) is 4. The van der Waals surface area contributed by atoms with E-state index < -0.39 is 17.8 Å². The Hall–Kier alpha value is -1.61. The van der Waals surface area contributed by atoms with Crippen molar-refractivity contribution in [1.29, 1.82) is 0 Å². The third kappa shape index (κ3) is 3.72. The zero-order valence-electron chi connectivity index (χ0n) is 13.6. The maximum absolute atomic E-state index is 13.6. The van der Waals surface area contributed by atoms with Gasteiger partial charge in [0, 0.05) is 25.2 Å². The summed E-state index contributed by atoms with van der Waals surface area (Å²) in [5, 5.41) is -0.258. The molecule has 1 saturated heterocycles. The van der Waals surface area contributed by atoms with Crippen LogP contribution in [-0.2, 0) is 0 Å². The van der Waals surface area contributed by atoms with Gasteiger partial charge in [-0.1, -0.05) is 11.6 Å². The van der Waals surface area contributed by atoms with Crippen LogP contribution in [0.3, 0.4) is 0 Å². The molecular formula is C14H19ClF3N5O. The van der Waals surface area contributed by atoms with Crippen molar-refractivity contribution < 1.29 is 18.0 Å². The Balaban J connectivity index is 2.48. The number of rotatable bonds is 2. The minimum absolute atomic E-state index is 0.0368. The number of hydrogen-bond donors (Lipinski definition) is 1. The van der Waals surface area contributed by atoms with Crippen molar-refractivity contribution in [1.82, 2.24) is 14.9 Å². The standard InChI is InChI=1S/C14H19ClF3N5O/c1-13(2,3)22-4-5-23(9(6-22)14(16,17)18)11-8(7-24)10(15)20-12(19)21-11/h7,9H,4-6H2,1-3H3,(H2,19,20,21). The summed E-state index contributed by atoms with van der Waals surface area (Å²) < 4.78 is 40.8. The van der Waals surface area contributed by atoms with E-state index in [0.717, 1.165) is 4.90 Å². The Morgan fingerprint density at radius 1 is 1.25 bits per heavy atom. The third-order valence-corrected chi connectivity index (χ3v) is 4.28. The summed E-state index contributed by atoms with van der Waals surface area (Å²) in [7, 11) is 0. The summed E-state index contributed by atoms with van der Waals surface area (Å²) in [6.45, 7) is 5.74. The monoisotopic (exact) mass is 365 g/mol. The molecule has 24 heavy (non-hydrogen) atoms. The van der Waals surface area contributed by atoms with Crippen LogP contribution in [0, 0.1) is 0 Å². The molecule has 0 amide bonds. The highest BCUT2D eigenvalue weighted by molar-refractivity contribution is 6.32. The molecule has 134 valence electrons. The van der Waals surface area contributed by atoms with Gasteiger partial charge in [0.05, 0.1) is 5.56 Å². The fraction of sp³-hybridized carbons (Fsp3) is 0.643. The molecule has 0 spiro atoms. The van der Waals surface area contributed by atoms with Crippen LogP contribution in [0.2, 0.25) is 5.15 Å². The average molecular weight is 366 g/mol. The number of anilines is 2. The highest BCUT2D eigenvalue weighted by Crippen LogP contribution is 2.35. The number of nitrogen functional groups attached to an aromatic ring is 1. The molecule has 1 aromatic heterocycles. The fourth-order valence-electron chi connectivity index (χ4n) is 2.69. The van der Waals surface area contributed by atoms with Crippen molar-refractivity contribution in [2.75, 3.05) is 30.3 Å². The number of hydrogen-bond acceptors (Lipinski definition) is 6. The van der Waals surface area contributed by atoms with E-state index in [2.05, 4.69) is 9.97 Å². The quantitative estimate of drug-likeness (QED) is 0.640. The summed E-state index contributed by atoms with van der Waals surface area (Å²) in [6.07, 6.45) is -4.16. The second kappa shape index (κ2) is 6.36. The fourth-order valence-corrected chi connectivity index (χ4v) is 2.91. The van der Waals surface area contributed by atoms with Crippen LogP contribution >= 0.6 is 11.6 Å². The Bertz CT molecular complexity index is 632. The molecule has 1 unspecified atom stereocenters. The van der Waals surface area contributed by atoms with E-state index in [1.165, 1.54) is 0 Å². The summed E-state index contributed by atoms with van der Waals surface area (Å²) in [4.78, 5) is 21.5. The summed E-state index contributed by atoms with van der Waals surface area (Å²) in [5.74, 6) is -0.460. The molecule has 2 N–H and O–H groups in total. The van der Waals surface area contributed by atoms with E-state index >= 15 is 0 Å². The lowest BCUT2D eigenvalue weighted by Gasteiger charge is -2.47. The maximum Gasteiger partial charge on any atom is 0.410 e. The van der Waals surface area contributed by atoms with Crippen LogP contribution in [0.1, 0.15) is 31.1 Å². The minimum atomic E-state index is -4.50. The van der Waals surface area contributed by atoms with Gasteiger partial charge >= 0.3 is 6.18 Å². The summed E-state index contributed by atoms with van der Waals surface area (Å²) in [6, 6.07) is -1.82. The molecular weight excluding hydrogens is 347 g/mol. The second-order valence-corrected chi connectivity index (χ2v) is 6.95. The topological polar surface area (TPSA) is 75.3 Å². The van der Waals surface area contributed by atoms with Gasteiger partial charge in [0.25, 0.3) is 0 Å². The van der Waals surface area contributed by atoms with Gasteiger partial charge in [0.2, 0.25) is 5.95 Å².